The van der Waals surface area contributed by atoms with Gasteiger partial charge in [-0.05, 0) is 49.7 Å². The van der Waals surface area contributed by atoms with E-state index in [1.54, 1.807) is 50.4 Å². The summed E-state index contributed by atoms with van der Waals surface area (Å²) >= 11 is 5.90. The lowest BCUT2D eigenvalue weighted by Gasteiger charge is -2.15. The molecule has 0 aliphatic rings. The predicted octanol–water partition coefficient (Wildman–Crippen LogP) is 3.24. The van der Waals surface area contributed by atoms with Crippen molar-refractivity contribution in [2.24, 2.45) is 0 Å². The molecule has 0 spiro atoms. The number of hydrogen-bond acceptors (Lipinski definition) is 3. The van der Waals surface area contributed by atoms with Gasteiger partial charge >= 0.3 is 5.69 Å². The molecule has 0 aliphatic carbocycles. The van der Waals surface area contributed by atoms with Gasteiger partial charge in [0, 0.05) is 16.9 Å². The minimum atomic E-state index is -3.83. The van der Waals surface area contributed by atoms with Crippen LogP contribution in [-0.2, 0) is 10.0 Å². The van der Waals surface area contributed by atoms with E-state index < -0.39 is 10.0 Å². The Morgan fingerprint density at radius 2 is 1.84 bits per heavy atom. The molecule has 25 heavy (non-hydrogen) atoms. The summed E-state index contributed by atoms with van der Waals surface area (Å²) in [6.45, 7) is 3.43. The monoisotopic (exact) mass is 377 g/mol. The van der Waals surface area contributed by atoms with Crippen LogP contribution in [0.2, 0.25) is 5.02 Å². The quantitative estimate of drug-likeness (QED) is 0.732. The third kappa shape index (κ3) is 3.33. The zero-order valence-corrected chi connectivity index (χ0v) is 15.1. The number of hydrogen-bond donors (Lipinski definition) is 2. The van der Waals surface area contributed by atoms with Gasteiger partial charge in [0.1, 0.15) is 0 Å². The number of rotatable bonds is 4. The van der Waals surface area contributed by atoms with E-state index in [1.807, 2.05) is 0 Å². The summed E-state index contributed by atoms with van der Waals surface area (Å²) in [5, 5.41) is 0.464. The van der Waals surface area contributed by atoms with Crippen LogP contribution in [0.3, 0.4) is 0 Å². The molecule has 8 heteroatoms. The van der Waals surface area contributed by atoms with E-state index in [9.17, 15) is 13.2 Å². The van der Waals surface area contributed by atoms with Gasteiger partial charge in [0.05, 0.1) is 16.3 Å². The number of H-pyrrole nitrogens is 1. The largest absolute Gasteiger partial charge is 0.330 e. The minimum Gasteiger partial charge on any atom is -0.312 e. The van der Waals surface area contributed by atoms with Crippen molar-refractivity contribution in [3.05, 3.63) is 75.4 Å². The van der Waals surface area contributed by atoms with Gasteiger partial charge in [-0.15, -0.1) is 0 Å². The van der Waals surface area contributed by atoms with Crippen LogP contribution in [0.15, 0.2) is 58.4 Å². The average molecular weight is 378 g/mol. The second-order valence-corrected chi connectivity index (χ2v) is 7.69. The van der Waals surface area contributed by atoms with Gasteiger partial charge in [-0.25, -0.2) is 13.2 Å². The Hall–Kier alpha value is -2.51. The van der Waals surface area contributed by atoms with E-state index in [2.05, 4.69) is 9.71 Å². The van der Waals surface area contributed by atoms with E-state index in [0.29, 0.717) is 27.7 Å². The smallest absolute Gasteiger partial charge is 0.312 e. The highest BCUT2D eigenvalue weighted by Crippen LogP contribution is 2.26. The van der Waals surface area contributed by atoms with Gasteiger partial charge in [-0.2, -0.15) is 0 Å². The van der Waals surface area contributed by atoms with E-state index in [0.717, 1.165) is 0 Å². The summed E-state index contributed by atoms with van der Waals surface area (Å²) in [5.74, 6) is 0. The number of benzene rings is 2. The molecule has 6 nitrogen and oxygen atoms in total. The number of nitrogens with one attached hydrogen (secondary N) is 2. The van der Waals surface area contributed by atoms with Gasteiger partial charge in [0.2, 0.25) is 0 Å². The normalized spacial score (nSPS) is 11.5. The summed E-state index contributed by atoms with van der Waals surface area (Å²) in [6, 6.07) is 11.3. The number of aromatic nitrogens is 2. The van der Waals surface area contributed by atoms with E-state index >= 15 is 0 Å². The number of aromatic amines is 1. The lowest BCUT2D eigenvalue weighted by atomic mass is 10.2. The van der Waals surface area contributed by atoms with Crippen LogP contribution in [0.5, 0.6) is 0 Å². The molecule has 2 aromatic carbocycles. The maximum atomic E-state index is 12.8. The van der Waals surface area contributed by atoms with Crippen LogP contribution >= 0.6 is 11.6 Å². The molecule has 0 unspecified atom stereocenters. The topological polar surface area (TPSA) is 84.0 Å². The van der Waals surface area contributed by atoms with E-state index in [-0.39, 0.29) is 10.6 Å². The molecule has 1 heterocycles. The van der Waals surface area contributed by atoms with Crippen molar-refractivity contribution in [2.75, 3.05) is 4.72 Å². The summed E-state index contributed by atoms with van der Waals surface area (Å²) in [7, 11) is -3.83. The molecule has 130 valence electrons. The minimum absolute atomic E-state index is 0.129. The third-order valence-corrected chi connectivity index (χ3v) is 5.54. The summed E-state index contributed by atoms with van der Waals surface area (Å²) < 4.78 is 29.5. The molecule has 0 saturated carbocycles. The van der Waals surface area contributed by atoms with Crippen molar-refractivity contribution >= 4 is 27.3 Å². The SMILES string of the molecule is Cc1cc(Cl)ccc1S(=O)(=O)Nc1ccccc1-n1c(C)c[nH]c1=O. The second kappa shape index (κ2) is 6.42. The van der Waals surface area contributed by atoms with E-state index in [4.69, 9.17) is 11.6 Å². The van der Waals surface area contributed by atoms with Crippen LogP contribution in [0, 0.1) is 13.8 Å². The predicted molar refractivity (Wildman–Crippen MR) is 98.1 cm³/mol. The zero-order chi connectivity index (χ0) is 18.2. The first kappa shape index (κ1) is 17.3. The molecule has 0 bridgehead atoms. The van der Waals surface area contributed by atoms with Crippen molar-refractivity contribution in [3.63, 3.8) is 0 Å². The molecule has 3 aromatic rings. The van der Waals surface area contributed by atoms with Crippen LogP contribution in [0.4, 0.5) is 5.69 Å². The Balaban J connectivity index is 2.09. The molecular weight excluding hydrogens is 362 g/mol. The summed E-state index contributed by atoms with van der Waals surface area (Å²) in [4.78, 5) is 14.8. The van der Waals surface area contributed by atoms with Crippen molar-refractivity contribution in [1.82, 2.24) is 9.55 Å². The standard InChI is InChI=1S/C17H16ClN3O3S/c1-11-9-13(18)7-8-16(11)25(23,24)20-14-5-3-4-6-15(14)21-12(2)10-19-17(21)22/h3-10,20H,1-2H3,(H,19,22). The van der Waals surface area contributed by atoms with Crippen LogP contribution in [-0.4, -0.2) is 18.0 Å². The molecular formula is C17H16ClN3O3S. The van der Waals surface area contributed by atoms with Gasteiger partial charge in [-0.3, -0.25) is 9.29 Å². The summed E-state index contributed by atoms with van der Waals surface area (Å²) in [6.07, 6.45) is 1.57. The first-order chi connectivity index (χ1) is 11.8. The molecule has 0 atom stereocenters. The van der Waals surface area contributed by atoms with Crippen LogP contribution in [0.1, 0.15) is 11.3 Å². The first-order valence-electron chi connectivity index (χ1n) is 7.45. The fourth-order valence-electron chi connectivity index (χ4n) is 2.62. The molecule has 1 aromatic heterocycles. The fraction of sp³-hybridized carbons (Fsp3) is 0.118. The lowest BCUT2D eigenvalue weighted by Crippen LogP contribution is -2.20. The average Bonchev–Trinajstić information content (AvgIpc) is 2.86. The number of aryl methyl sites for hydroxylation is 2. The molecule has 0 fully saturated rings. The number of anilines is 1. The zero-order valence-electron chi connectivity index (χ0n) is 13.6. The van der Waals surface area contributed by atoms with Gasteiger partial charge in [0.15, 0.2) is 0 Å². The molecule has 0 aliphatic heterocycles. The Kier molecular flexibility index (Phi) is 4.45. The van der Waals surface area contributed by atoms with Gasteiger partial charge in [0.25, 0.3) is 10.0 Å². The third-order valence-electron chi connectivity index (χ3n) is 3.78. The van der Waals surface area contributed by atoms with Gasteiger partial charge < -0.3 is 4.98 Å². The maximum Gasteiger partial charge on any atom is 0.330 e. The van der Waals surface area contributed by atoms with Crippen molar-refractivity contribution in [2.45, 2.75) is 18.7 Å². The molecule has 0 radical (unpaired) electrons. The van der Waals surface area contributed by atoms with Crippen LogP contribution in [0.25, 0.3) is 5.69 Å². The van der Waals surface area contributed by atoms with E-state index in [1.165, 1.54) is 16.7 Å². The number of para-hydroxylation sites is 2. The highest BCUT2D eigenvalue weighted by molar-refractivity contribution is 7.92. The number of nitrogens with zero attached hydrogens (tertiary/aromatic N) is 1. The molecule has 3 rings (SSSR count). The number of sulfonamides is 1. The highest BCUT2D eigenvalue weighted by Gasteiger charge is 2.19. The van der Waals surface area contributed by atoms with Crippen molar-refractivity contribution in [3.8, 4) is 5.69 Å². The molecule has 2 N–H and O–H groups in total. The molecule has 0 amide bonds. The van der Waals surface area contributed by atoms with Crippen LogP contribution < -0.4 is 10.4 Å². The Bertz CT molecular complexity index is 1100. The van der Waals surface area contributed by atoms with Crippen molar-refractivity contribution in [1.29, 1.82) is 0 Å². The number of halogens is 1. The maximum absolute atomic E-state index is 12.8. The van der Waals surface area contributed by atoms with Crippen molar-refractivity contribution < 1.29 is 8.42 Å². The highest BCUT2D eigenvalue weighted by atomic mass is 35.5. The lowest BCUT2D eigenvalue weighted by molar-refractivity contribution is 0.600. The fourth-order valence-corrected chi connectivity index (χ4v) is 4.15. The molecule has 0 saturated heterocycles. The van der Waals surface area contributed by atoms with Gasteiger partial charge in [-0.1, -0.05) is 23.7 Å². The Morgan fingerprint density at radius 3 is 2.48 bits per heavy atom. The first-order valence-corrected chi connectivity index (χ1v) is 9.31. The second-order valence-electron chi connectivity index (χ2n) is 5.60. The Labute approximate surface area is 150 Å². The summed E-state index contributed by atoms with van der Waals surface area (Å²) in [5.41, 5.74) is 1.61. The Morgan fingerprint density at radius 1 is 1.12 bits per heavy atom. The number of imidazole rings is 1.